The summed E-state index contributed by atoms with van der Waals surface area (Å²) in [4.78, 5) is 11.3. The zero-order valence-electron chi connectivity index (χ0n) is 13.0. The van der Waals surface area contributed by atoms with Gasteiger partial charge in [-0.25, -0.2) is 0 Å². The highest BCUT2D eigenvalue weighted by molar-refractivity contribution is 5.95. The van der Waals surface area contributed by atoms with Gasteiger partial charge in [-0.15, -0.1) is 0 Å². The third-order valence-electron chi connectivity index (χ3n) is 3.43. The van der Waals surface area contributed by atoms with Crippen molar-refractivity contribution in [3.8, 4) is 17.2 Å². The highest BCUT2D eigenvalue weighted by atomic mass is 16.5. The first-order chi connectivity index (χ1) is 11.2. The fourth-order valence-electron chi connectivity index (χ4n) is 2.23. The maximum Gasteiger partial charge on any atom is 0.262 e. The molecule has 5 nitrogen and oxygen atoms in total. The van der Waals surface area contributed by atoms with E-state index in [1.54, 1.807) is 12.1 Å². The van der Waals surface area contributed by atoms with Gasteiger partial charge in [0.15, 0.2) is 6.61 Å². The molecular formula is C18H19NO4. The maximum atomic E-state index is 11.3. The number of hydrogen-bond acceptors (Lipinski definition) is 4. The highest BCUT2D eigenvalue weighted by Gasteiger charge is 2.16. The van der Waals surface area contributed by atoms with Gasteiger partial charge in [0.2, 0.25) is 0 Å². The number of hydrogen-bond donors (Lipinski definition) is 1. The summed E-state index contributed by atoms with van der Waals surface area (Å²) in [5, 5.41) is 2.76. The van der Waals surface area contributed by atoms with Gasteiger partial charge in [-0.05, 0) is 31.2 Å². The number of anilines is 1. The summed E-state index contributed by atoms with van der Waals surface area (Å²) >= 11 is 0. The van der Waals surface area contributed by atoms with E-state index in [-0.39, 0.29) is 12.5 Å². The third kappa shape index (κ3) is 4.16. The molecular weight excluding hydrogens is 294 g/mol. The van der Waals surface area contributed by atoms with Crippen LogP contribution in [0.2, 0.25) is 0 Å². The second-order valence-corrected chi connectivity index (χ2v) is 5.36. The molecule has 2 aromatic rings. The third-order valence-corrected chi connectivity index (χ3v) is 3.43. The van der Waals surface area contributed by atoms with Gasteiger partial charge in [0, 0.05) is 12.5 Å². The second-order valence-electron chi connectivity index (χ2n) is 5.36. The van der Waals surface area contributed by atoms with Crippen LogP contribution < -0.4 is 19.5 Å². The molecule has 0 radical (unpaired) electrons. The quantitative estimate of drug-likeness (QED) is 0.832. The SMILES string of the molecule is Cc1ccc(OCCCOc2ccc3c(c2)NC(=O)CO3)cc1. The van der Waals surface area contributed by atoms with Gasteiger partial charge in [-0.3, -0.25) is 4.79 Å². The Morgan fingerprint density at radius 3 is 2.52 bits per heavy atom. The molecule has 0 spiro atoms. The summed E-state index contributed by atoms with van der Waals surface area (Å²) in [6, 6.07) is 13.4. The molecule has 0 saturated heterocycles. The zero-order chi connectivity index (χ0) is 16.1. The first kappa shape index (κ1) is 15.2. The van der Waals surface area contributed by atoms with Crippen molar-refractivity contribution in [2.75, 3.05) is 25.1 Å². The number of fused-ring (bicyclic) bond motifs is 1. The lowest BCUT2D eigenvalue weighted by Crippen LogP contribution is -2.25. The Kier molecular flexibility index (Phi) is 4.66. The van der Waals surface area contributed by atoms with Crippen LogP contribution in [0.15, 0.2) is 42.5 Å². The Hall–Kier alpha value is -2.69. The lowest BCUT2D eigenvalue weighted by atomic mass is 10.2. The minimum atomic E-state index is -0.152. The molecule has 5 heteroatoms. The normalized spacial score (nSPS) is 12.8. The number of rotatable bonds is 6. The summed E-state index contributed by atoms with van der Waals surface area (Å²) in [6.45, 7) is 3.24. The molecule has 1 amide bonds. The smallest absolute Gasteiger partial charge is 0.262 e. The van der Waals surface area contributed by atoms with Crippen LogP contribution in [0.25, 0.3) is 0 Å². The molecule has 3 rings (SSSR count). The van der Waals surface area contributed by atoms with E-state index in [2.05, 4.69) is 5.32 Å². The highest BCUT2D eigenvalue weighted by Crippen LogP contribution is 2.31. The average Bonchev–Trinajstić information content (AvgIpc) is 2.56. The van der Waals surface area contributed by atoms with Gasteiger partial charge < -0.3 is 19.5 Å². The Bertz CT molecular complexity index is 682. The van der Waals surface area contributed by atoms with Crippen molar-refractivity contribution < 1.29 is 19.0 Å². The Balaban J connectivity index is 1.43. The maximum absolute atomic E-state index is 11.3. The topological polar surface area (TPSA) is 56.8 Å². The number of ether oxygens (including phenoxy) is 3. The number of amides is 1. The fraction of sp³-hybridized carbons (Fsp3) is 0.278. The van der Waals surface area contributed by atoms with Crippen LogP contribution in [-0.2, 0) is 4.79 Å². The molecule has 1 aliphatic rings. The van der Waals surface area contributed by atoms with E-state index < -0.39 is 0 Å². The second kappa shape index (κ2) is 7.05. The number of benzene rings is 2. The van der Waals surface area contributed by atoms with Crippen molar-refractivity contribution in [1.82, 2.24) is 0 Å². The summed E-state index contributed by atoms with van der Waals surface area (Å²) in [6.07, 6.45) is 0.772. The molecule has 0 unspecified atom stereocenters. The van der Waals surface area contributed by atoms with Crippen LogP contribution in [-0.4, -0.2) is 25.7 Å². The van der Waals surface area contributed by atoms with E-state index in [1.807, 2.05) is 37.3 Å². The van der Waals surface area contributed by atoms with Crippen LogP contribution in [0.3, 0.4) is 0 Å². The minimum Gasteiger partial charge on any atom is -0.493 e. The van der Waals surface area contributed by atoms with Gasteiger partial charge in [0.25, 0.3) is 5.91 Å². The van der Waals surface area contributed by atoms with Crippen LogP contribution in [0.4, 0.5) is 5.69 Å². The van der Waals surface area contributed by atoms with Crippen molar-refractivity contribution in [3.63, 3.8) is 0 Å². The Labute approximate surface area is 135 Å². The number of carbonyl (C=O) groups is 1. The first-order valence-corrected chi connectivity index (χ1v) is 7.60. The van der Waals surface area contributed by atoms with Gasteiger partial charge in [-0.2, -0.15) is 0 Å². The summed E-state index contributed by atoms with van der Waals surface area (Å²) in [5.74, 6) is 2.08. The number of aryl methyl sites for hydroxylation is 1. The molecule has 2 aromatic carbocycles. The van der Waals surface area contributed by atoms with Crippen LogP contribution in [0, 0.1) is 6.92 Å². The molecule has 0 aromatic heterocycles. The van der Waals surface area contributed by atoms with E-state index in [0.717, 1.165) is 12.2 Å². The van der Waals surface area contributed by atoms with Crippen molar-refractivity contribution in [3.05, 3.63) is 48.0 Å². The van der Waals surface area contributed by atoms with Crippen molar-refractivity contribution in [2.45, 2.75) is 13.3 Å². The fourth-order valence-corrected chi connectivity index (χ4v) is 2.23. The van der Waals surface area contributed by atoms with Crippen molar-refractivity contribution >= 4 is 11.6 Å². The van der Waals surface area contributed by atoms with Gasteiger partial charge in [0.1, 0.15) is 17.2 Å². The van der Waals surface area contributed by atoms with Crippen molar-refractivity contribution in [2.24, 2.45) is 0 Å². The summed E-state index contributed by atoms with van der Waals surface area (Å²) in [7, 11) is 0. The van der Waals surface area contributed by atoms with Gasteiger partial charge in [0.05, 0.1) is 18.9 Å². The summed E-state index contributed by atoms with van der Waals surface area (Å²) in [5.41, 5.74) is 1.86. The van der Waals surface area contributed by atoms with Gasteiger partial charge >= 0.3 is 0 Å². The van der Waals surface area contributed by atoms with Crippen LogP contribution in [0.5, 0.6) is 17.2 Å². The number of carbonyl (C=O) groups excluding carboxylic acids is 1. The van der Waals surface area contributed by atoms with Crippen LogP contribution >= 0.6 is 0 Å². The molecule has 0 bridgehead atoms. The van der Waals surface area contributed by atoms with E-state index in [0.29, 0.717) is 30.4 Å². The summed E-state index contributed by atoms with van der Waals surface area (Å²) < 4.78 is 16.6. The molecule has 1 heterocycles. The van der Waals surface area contributed by atoms with E-state index in [4.69, 9.17) is 14.2 Å². The molecule has 1 N–H and O–H groups in total. The largest absolute Gasteiger partial charge is 0.493 e. The predicted molar refractivity (Wildman–Crippen MR) is 87.4 cm³/mol. The van der Waals surface area contributed by atoms with E-state index in [9.17, 15) is 4.79 Å². The monoisotopic (exact) mass is 313 g/mol. The van der Waals surface area contributed by atoms with Gasteiger partial charge in [-0.1, -0.05) is 17.7 Å². The zero-order valence-corrected chi connectivity index (χ0v) is 13.0. The Morgan fingerprint density at radius 2 is 1.74 bits per heavy atom. The molecule has 23 heavy (non-hydrogen) atoms. The molecule has 120 valence electrons. The number of nitrogens with one attached hydrogen (secondary N) is 1. The lowest BCUT2D eigenvalue weighted by Gasteiger charge is -2.18. The molecule has 0 atom stereocenters. The molecule has 1 aliphatic heterocycles. The van der Waals surface area contributed by atoms with E-state index >= 15 is 0 Å². The molecule has 0 saturated carbocycles. The molecule has 0 aliphatic carbocycles. The van der Waals surface area contributed by atoms with Crippen LogP contribution in [0.1, 0.15) is 12.0 Å². The average molecular weight is 313 g/mol. The van der Waals surface area contributed by atoms with E-state index in [1.165, 1.54) is 5.56 Å². The Morgan fingerprint density at radius 1 is 1.04 bits per heavy atom. The first-order valence-electron chi connectivity index (χ1n) is 7.60. The van der Waals surface area contributed by atoms with Crippen molar-refractivity contribution in [1.29, 1.82) is 0 Å². The molecule has 0 fully saturated rings. The lowest BCUT2D eigenvalue weighted by molar-refractivity contribution is -0.118. The minimum absolute atomic E-state index is 0.0591. The standard InChI is InChI=1S/C18H19NO4/c1-13-3-5-14(6-4-13)21-9-2-10-22-15-7-8-17-16(11-15)19-18(20)12-23-17/h3-8,11H,2,9-10,12H2,1H3,(H,19,20). The predicted octanol–water partition coefficient (Wildman–Crippen LogP) is 3.17.